The summed E-state index contributed by atoms with van der Waals surface area (Å²) in [5.41, 5.74) is 1.09. The first-order valence-corrected chi connectivity index (χ1v) is 6.92. The van der Waals surface area contributed by atoms with Gasteiger partial charge in [-0.2, -0.15) is 0 Å². The maximum Gasteiger partial charge on any atom is 0.251 e. The van der Waals surface area contributed by atoms with E-state index in [4.69, 9.17) is 14.6 Å². The lowest BCUT2D eigenvalue weighted by Gasteiger charge is -2.11. The van der Waals surface area contributed by atoms with E-state index in [0.29, 0.717) is 23.4 Å². The van der Waals surface area contributed by atoms with Crippen LogP contribution in [0.2, 0.25) is 0 Å². The molecule has 1 aliphatic rings. The zero-order chi connectivity index (χ0) is 15.1. The Morgan fingerprint density at radius 2 is 2.43 bits per heavy atom. The van der Waals surface area contributed by atoms with Crippen molar-refractivity contribution in [1.29, 1.82) is 0 Å². The lowest BCUT2D eigenvalue weighted by Crippen LogP contribution is -2.31. The van der Waals surface area contributed by atoms with E-state index in [-0.39, 0.29) is 18.6 Å². The van der Waals surface area contributed by atoms with Crippen molar-refractivity contribution in [2.45, 2.75) is 18.9 Å². The number of rotatable bonds is 4. The highest BCUT2D eigenvalue weighted by Crippen LogP contribution is 2.19. The van der Waals surface area contributed by atoms with Crippen LogP contribution in [0.15, 0.2) is 18.2 Å². The minimum atomic E-state index is -0.238. The van der Waals surface area contributed by atoms with Crippen molar-refractivity contribution in [2.24, 2.45) is 0 Å². The summed E-state index contributed by atoms with van der Waals surface area (Å²) in [5.74, 6) is 5.74. The molecule has 1 aromatic rings. The summed E-state index contributed by atoms with van der Waals surface area (Å²) in [6, 6.07) is 5.04. The van der Waals surface area contributed by atoms with Crippen LogP contribution in [0.1, 0.15) is 28.8 Å². The molecular formula is C16H19NO4. The van der Waals surface area contributed by atoms with Crippen LogP contribution in [0, 0.1) is 11.8 Å². The minimum absolute atomic E-state index is 0.112. The predicted molar refractivity (Wildman–Crippen MR) is 78.3 cm³/mol. The van der Waals surface area contributed by atoms with Gasteiger partial charge in [0.25, 0.3) is 5.91 Å². The Bertz CT molecular complexity index is 553. The third kappa shape index (κ3) is 4.22. The molecule has 0 radical (unpaired) electrons. The maximum atomic E-state index is 12.1. The van der Waals surface area contributed by atoms with Crippen molar-refractivity contribution in [3.8, 4) is 17.6 Å². The molecule has 1 amide bonds. The molecule has 1 saturated heterocycles. The lowest BCUT2D eigenvalue weighted by molar-refractivity contribution is 0.0857. The van der Waals surface area contributed by atoms with E-state index < -0.39 is 0 Å². The largest absolute Gasteiger partial charge is 0.495 e. The van der Waals surface area contributed by atoms with Crippen LogP contribution in [0.5, 0.6) is 5.75 Å². The quantitative estimate of drug-likeness (QED) is 0.810. The topological polar surface area (TPSA) is 67.8 Å². The molecule has 1 atom stereocenters. The third-order valence-electron chi connectivity index (χ3n) is 3.28. The van der Waals surface area contributed by atoms with E-state index in [9.17, 15) is 4.79 Å². The highest BCUT2D eigenvalue weighted by atomic mass is 16.5. The number of benzene rings is 1. The smallest absolute Gasteiger partial charge is 0.251 e. The fraction of sp³-hybridized carbons (Fsp3) is 0.438. The number of carbonyl (C=O) groups is 1. The second-order valence-corrected chi connectivity index (χ2v) is 4.72. The van der Waals surface area contributed by atoms with Gasteiger partial charge in [-0.3, -0.25) is 4.79 Å². The molecule has 0 aliphatic carbocycles. The van der Waals surface area contributed by atoms with Crippen molar-refractivity contribution in [1.82, 2.24) is 5.32 Å². The average Bonchev–Trinajstić information content (AvgIpc) is 3.03. The first kappa shape index (κ1) is 15.4. The lowest BCUT2D eigenvalue weighted by atomic mass is 10.1. The number of nitrogens with one attached hydrogen (secondary N) is 1. The molecule has 1 aromatic carbocycles. The zero-order valence-corrected chi connectivity index (χ0v) is 12.0. The van der Waals surface area contributed by atoms with Gasteiger partial charge in [-0.15, -0.1) is 0 Å². The van der Waals surface area contributed by atoms with Crippen LogP contribution in [-0.2, 0) is 4.74 Å². The third-order valence-corrected chi connectivity index (χ3v) is 3.28. The fourth-order valence-corrected chi connectivity index (χ4v) is 2.20. The summed E-state index contributed by atoms with van der Waals surface area (Å²) < 4.78 is 10.7. The summed E-state index contributed by atoms with van der Waals surface area (Å²) in [5, 5.41) is 11.6. The number of aliphatic hydroxyl groups is 1. The van der Waals surface area contributed by atoms with Crippen molar-refractivity contribution in [3.63, 3.8) is 0 Å². The monoisotopic (exact) mass is 289 g/mol. The van der Waals surface area contributed by atoms with Gasteiger partial charge in [0.15, 0.2) is 0 Å². The number of methoxy groups -OCH3 is 1. The van der Waals surface area contributed by atoms with Crippen LogP contribution < -0.4 is 10.1 Å². The highest BCUT2D eigenvalue weighted by Gasteiger charge is 2.17. The average molecular weight is 289 g/mol. The Hall–Kier alpha value is -2.03. The van der Waals surface area contributed by atoms with Gasteiger partial charge in [-0.05, 0) is 31.0 Å². The van der Waals surface area contributed by atoms with Crippen molar-refractivity contribution in [3.05, 3.63) is 29.3 Å². The Labute approximate surface area is 124 Å². The van der Waals surface area contributed by atoms with E-state index in [1.165, 1.54) is 7.11 Å². The molecule has 0 saturated carbocycles. The first-order chi connectivity index (χ1) is 10.2. The molecule has 2 N–H and O–H groups in total. The summed E-state index contributed by atoms with van der Waals surface area (Å²) in [4.78, 5) is 12.1. The molecule has 2 rings (SSSR count). The molecule has 21 heavy (non-hydrogen) atoms. The number of hydrogen-bond acceptors (Lipinski definition) is 4. The number of aliphatic hydroxyl groups excluding tert-OH is 1. The van der Waals surface area contributed by atoms with Gasteiger partial charge < -0.3 is 19.9 Å². The molecule has 0 bridgehead atoms. The molecule has 112 valence electrons. The molecule has 1 fully saturated rings. The Morgan fingerprint density at radius 3 is 3.10 bits per heavy atom. The second kappa shape index (κ2) is 7.67. The van der Waals surface area contributed by atoms with Crippen molar-refractivity contribution >= 4 is 5.91 Å². The zero-order valence-electron chi connectivity index (χ0n) is 12.0. The fourth-order valence-electron chi connectivity index (χ4n) is 2.20. The maximum absolute atomic E-state index is 12.1. The number of ether oxygens (including phenoxy) is 2. The van der Waals surface area contributed by atoms with E-state index >= 15 is 0 Å². The Kier molecular flexibility index (Phi) is 5.61. The molecule has 0 aromatic heterocycles. The Morgan fingerprint density at radius 1 is 1.57 bits per heavy atom. The van der Waals surface area contributed by atoms with Gasteiger partial charge in [0.05, 0.1) is 18.8 Å². The van der Waals surface area contributed by atoms with Crippen LogP contribution in [0.3, 0.4) is 0 Å². The minimum Gasteiger partial charge on any atom is -0.495 e. The molecule has 0 spiro atoms. The summed E-state index contributed by atoms with van der Waals surface area (Å²) >= 11 is 0. The summed E-state index contributed by atoms with van der Waals surface area (Å²) in [7, 11) is 1.54. The van der Waals surface area contributed by atoms with Gasteiger partial charge in [-0.1, -0.05) is 11.8 Å². The molecule has 5 heteroatoms. The summed E-state index contributed by atoms with van der Waals surface area (Å²) in [6.07, 6.45) is 2.14. The van der Waals surface area contributed by atoms with Gasteiger partial charge in [0.2, 0.25) is 0 Å². The molecular weight excluding hydrogens is 270 g/mol. The normalized spacial score (nSPS) is 17.0. The van der Waals surface area contributed by atoms with E-state index in [0.717, 1.165) is 19.4 Å². The Balaban J connectivity index is 2.05. The van der Waals surface area contributed by atoms with Crippen LogP contribution in [0.4, 0.5) is 0 Å². The van der Waals surface area contributed by atoms with Crippen molar-refractivity contribution < 1.29 is 19.4 Å². The number of amides is 1. The predicted octanol–water partition coefficient (Wildman–Crippen LogP) is 0.948. The van der Waals surface area contributed by atoms with E-state index in [2.05, 4.69) is 17.2 Å². The van der Waals surface area contributed by atoms with Gasteiger partial charge in [-0.25, -0.2) is 0 Å². The SMILES string of the molecule is COc1ccc(C(=O)NCC2CCCO2)cc1C#CCO. The first-order valence-electron chi connectivity index (χ1n) is 6.92. The standard InChI is InChI=1S/C16H19NO4/c1-20-15-7-6-13(10-12(15)4-2-8-18)16(19)17-11-14-5-3-9-21-14/h6-7,10,14,18H,3,5,8-9,11H2,1H3,(H,17,19). The van der Waals surface area contributed by atoms with Gasteiger partial charge in [0, 0.05) is 18.7 Å². The highest BCUT2D eigenvalue weighted by molar-refractivity contribution is 5.94. The van der Waals surface area contributed by atoms with Crippen molar-refractivity contribution in [2.75, 3.05) is 26.9 Å². The molecule has 1 unspecified atom stereocenters. The van der Waals surface area contributed by atoms with Crippen LogP contribution >= 0.6 is 0 Å². The molecule has 1 heterocycles. The number of hydrogen-bond donors (Lipinski definition) is 2. The van der Waals surface area contributed by atoms with Gasteiger partial charge in [0.1, 0.15) is 12.4 Å². The van der Waals surface area contributed by atoms with Crippen LogP contribution in [-0.4, -0.2) is 44.0 Å². The van der Waals surface area contributed by atoms with Gasteiger partial charge >= 0.3 is 0 Å². The number of carbonyl (C=O) groups excluding carboxylic acids is 1. The second-order valence-electron chi connectivity index (χ2n) is 4.72. The molecule has 1 aliphatic heterocycles. The van der Waals surface area contributed by atoms with E-state index in [1.54, 1.807) is 18.2 Å². The summed E-state index contributed by atoms with van der Waals surface area (Å²) in [6.45, 7) is 1.05. The van der Waals surface area contributed by atoms with Crippen LogP contribution in [0.25, 0.3) is 0 Å². The molecule has 5 nitrogen and oxygen atoms in total. The van der Waals surface area contributed by atoms with E-state index in [1.807, 2.05) is 0 Å².